The summed E-state index contributed by atoms with van der Waals surface area (Å²) in [6.45, 7) is 6.99. The van der Waals surface area contributed by atoms with Crippen LogP contribution < -0.4 is 0 Å². The second-order valence-corrected chi connectivity index (χ2v) is 11.8. The van der Waals surface area contributed by atoms with Crippen LogP contribution in [0.25, 0.3) is 65.7 Å². The number of hydrogen-bond acceptors (Lipinski definition) is 0. The second-order valence-electron chi connectivity index (χ2n) is 11.8. The van der Waals surface area contributed by atoms with Gasteiger partial charge in [0.2, 0.25) is 0 Å². The highest BCUT2D eigenvalue weighted by Crippen LogP contribution is 2.54. The number of rotatable bonds is 2. The van der Waals surface area contributed by atoms with Crippen LogP contribution in [0.15, 0.2) is 127 Å². The lowest BCUT2D eigenvalue weighted by atomic mass is 9.76. The Hall–Kier alpha value is -4.68. The van der Waals surface area contributed by atoms with Crippen LogP contribution in [0.1, 0.15) is 30.5 Å². The molecule has 7 aromatic rings. The minimum Gasteiger partial charge on any atom is -0.0619 e. The Kier molecular flexibility index (Phi) is 4.88. The van der Waals surface area contributed by atoms with Crippen molar-refractivity contribution in [3.8, 4) is 33.4 Å². The van der Waals surface area contributed by atoms with E-state index in [0.717, 1.165) is 0 Å². The van der Waals surface area contributed by atoms with Crippen LogP contribution >= 0.6 is 0 Å². The standard InChI is InChI=1S/C40H30/c1-25-22-23-32-35(24-25)38(34-20-11-19-33-28-15-8-9-21-36(28)40(2,3)39(33)34)31-17-7-6-16-30(31)37(32)29-18-10-13-26-12-4-5-14-27(26)29/h4-24H,1-3H3. The van der Waals surface area contributed by atoms with Gasteiger partial charge in [0.05, 0.1) is 0 Å². The summed E-state index contributed by atoms with van der Waals surface area (Å²) in [7, 11) is 0. The molecule has 0 unspecified atom stereocenters. The lowest BCUT2D eigenvalue weighted by molar-refractivity contribution is 0.662. The van der Waals surface area contributed by atoms with Crippen molar-refractivity contribution in [2.45, 2.75) is 26.2 Å². The summed E-state index contributed by atoms with van der Waals surface area (Å²) in [5, 5.41) is 7.80. The topological polar surface area (TPSA) is 0 Å². The quantitative estimate of drug-likeness (QED) is 0.203. The number of benzene rings is 7. The van der Waals surface area contributed by atoms with E-state index in [1.54, 1.807) is 0 Å². The lowest BCUT2D eigenvalue weighted by Gasteiger charge is -2.26. The highest BCUT2D eigenvalue weighted by molar-refractivity contribution is 6.24. The van der Waals surface area contributed by atoms with Crippen LogP contribution in [-0.4, -0.2) is 0 Å². The Labute approximate surface area is 235 Å². The van der Waals surface area contributed by atoms with Gasteiger partial charge in [0.1, 0.15) is 0 Å². The van der Waals surface area contributed by atoms with Crippen LogP contribution in [0, 0.1) is 6.92 Å². The van der Waals surface area contributed by atoms with E-state index >= 15 is 0 Å². The molecule has 0 heterocycles. The van der Waals surface area contributed by atoms with Crippen molar-refractivity contribution in [3.63, 3.8) is 0 Å². The van der Waals surface area contributed by atoms with Gasteiger partial charge in [-0.25, -0.2) is 0 Å². The predicted octanol–water partition coefficient (Wildman–Crippen LogP) is 11.1. The van der Waals surface area contributed by atoms with E-state index in [1.165, 1.54) is 82.4 Å². The summed E-state index contributed by atoms with van der Waals surface area (Å²) >= 11 is 0. The van der Waals surface area contributed by atoms with E-state index in [4.69, 9.17) is 0 Å². The molecule has 1 aliphatic rings. The maximum atomic E-state index is 2.40. The Morgan fingerprint density at radius 1 is 0.425 bits per heavy atom. The summed E-state index contributed by atoms with van der Waals surface area (Å²) in [6, 6.07) is 47.4. The van der Waals surface area contributed by atoms with Gasteiger partial charge in [-0.05, 0) is 83.7 Å². The highest BCUT2D eigenvalue weighted by atomic mass is 14.4. The first kappa shape index (κ1) is 23.2. The summed E-state index contributed by atoms with van der Waals surface area (Å²) in [4.78, 5) is 0. The van der Waals surface area contributed by atoms with Crippen molar-refractivity contribution >= 4 is 32.3 Å². The second kappa shape index (κ2) is 8.41. The summed E-state index contributed by atoms with van der Waals surface area (Å²) in [5.74, 6) is 0. The van der Waals surface area contributed by atoms with Crippen molar-refractivity contribution in [1.29, 1.82) is 0 Å². The van der Waals surface area contributed by atoms with Gasteiger partial charge in [0, 0.05) is 5.41 Å². The molecule has 0 nitrogen and oxygen atoms in total. The molecule has 0 spiro atoms. The molecule has 190 valence electrons. The van der Waals surface area contributed by atoms with Gasteiger partial charge in [0.25, 0.3) is 0 Å². The fourth-order valence-corrected chi connectivity index (χ4v) is 7.37. The molecule has 40 heavy (non-hydrogen) atoms. The van der Waals surface area contributed by atoms with E-state index in [1.807, 2.05) is 0 Å². The van der Waals surface area contributed by atoms with Crippen LogP contribution in [0.3, 0.4) is 0 Å². The zero-order valence-electron chi connectivity index (χ0n) is 23.1. The van der Waals surface area contributed by atoms with Crippen molar-refractivity contribution in [1.82, 2.24) is 0 Å². The third-order valence-corrected chi connectivity index (χ3v) is 9.09. The van der Waals surface area contributed by atoms with Gasteiger partial charge in [-0.1, -0.05) is 147 Å². The smallest absolute Gasteiger partial charge is 0.0165 e. The van der Waals surface area contributed by atoms with Gasteiger partial charge >= 0.3 is 0 Å². The molecule has 0 fully saturated rings. The van der Waals surface area contributed by atoms with Gasteiger partial charge in [-0.15, -0.1) is 0 Å². The summed E-state index contributed by atoms with van der Waals surface area (Å²) in [6.07, 6.45) is 0. The molecule has 1 aliphatic carbocycles. The van der Waals surface area contributed by atoms with Crippen molar-refractivity contribution in [3.05, 3.63) is 144 Å². The average Bonchev–Trinajstić information content (AvgIpc) is 3.22. The SMILES string of the molecule is Cc1ccc2c(-c3cccc4ccccc34)c3ccccc3c(-c3cccc4c3C(C)(C)c3ccccc3-4)c2c1. The maximum Gasteiger partial charge on any atom is 0.0165 e. The molecule has 0 bridgehead atoms. The highest BCUT2D eigenvalue weighted by Gasteiger charge is 2.37. The monoisotopic (exact) mass is 510 g/mol. The molecule has 0 amide bonds. The minimum atomic E-state index is -0.0892. The Balaban J connectivity index is 1.56. The van der Waals surface area contributed by atoms with Gasteiger partial charge < -0.3 is 0 Å². The molecule has 0 N–H and O–H groups in total. The minimum absolute atomic E-state index is 0.0892. The zero-order valence-corrected chi connectivity index (χ0v) is 23.1. The summed E-state index contributed by atoms with van der Waals surface area (Å²) < 4.78 is 0. The first-order valence-electron chi connectivity index (χ1n) is 14.2. The molecule has 0 saturated carbocycles. The number of fused-ring (bicyclic) bond motifs is 6. The van der Waals surface area contributed by atoms with E-state index < -0.39 is 0 Å². The van der Waals surface area contributed by atoms with E-state index in [9.17, 15) is 0 Å². The van der Waals surface area contributed by atoms with Crippen molar-refractivity contribution < 1.29 is 0 Å². The Morgan fingerprint density at radius 3 is 1.80 bits per heavy atom. The predicted molar refractivity (Wildman–Crippen MR) is 172 cm³/mol. The maximum absolute atomic E-state index is 2.40. The molecule has 0 heteroatoms. The largest absolute Gasteiger partial charge is 0.0619 e. The summed E-state index contributed by atoms with van der Waals surface area (Å²) in [5.41, 5.74) is 12.1. The fraction of sp³-hybridized carbons (Fsp3) is 0.100. The van der Waals surface area contributed by atoms with E-state index in [0.29, 0.717) is 0 Å². The van der Waals surface area contributed by atoms with E-state index in [2.05, 4.69) is 148 Å². The molecular formula is C40H30. The Bertz CT molecular complexity index is 2140. The van der Waals surface area contributed by atoms with Crippen LogP contribution in [-0.2, 0) is 5.41 Å². The molecular weight excluding hydrogens is 480 g/mol. The zero-order chi connectivity index (χ0) is 27.0. The van der Waals surface area contributed by atoms with Gasteiger partial charge in [0.15, 0.2) is 0 Å². The molecule has 0 aromatic heterocycles. The van der Waals surface area contributed by atoms with Crippen LogP contribution in [0.5, 0.6) is 0 Å². The first-order chi connectivity index (χ1) is 19.5. The third kappa shape index (κ3) is 3.14. The van der Waals surface area contributed by atoms with Crippen LogP contribution in [0.4, 0.5) is 0 Å². The first-order valence-corrected chi connectivity index (χ1v) is 14.2. The van der Waals surface area contributed by atoms with Gasteiger partial charge in [-0.3, -0.25) is 0 Å². The normalized spacial score (nSPS) is 13.6. The Morgan fingerprint density at radius 2 is 0.975 bits per heavy atom. The molecule has 0 aliphatic heterocycles. The molecule has 0 radical (unpaired) electrons. The molecule has 7 aromatic carbocycles. The molecule has 8 rings (SSSR count). The van der Waals surface area contributed by atoms with Crippen LogP contribution in [0.2, 0.25) is 0 Å². The van der Waals surface area contributed by atoms with Crippen molar-refractivity contribution in [2.24, 2.45) is 0 Å². The number of hydrogen-bond donors (Lipinski definition) is 0. The lowest BCUT2D eigenvalue weighted by Crippen LogP contribution is -2.16. The third-order valence-electron chi connectivity index (χ3n) is 9.09. The van der Waals surface area contributed by atoms with Crippen molar-refractivity contribution in [2.75, 3.05) is 0 Å². The molecule has 0 saturated heterocycles. The molecule has 0 atom stereocenters. The average molecular weight is 511 g/mol. The number of aryl methyl sites for hydroxylation is 1. The van der Waals surface area contributed by atoms with E-state index in [-0.39, 0.29) is 5.41 Å². The fourth-order valence-electron chi connectivity index (χ4n) is 7.37. The van der Waals surface area contributed by atoms with Gasteiger partial charge in [-0.2, -0.15) is 0 Å².